The molecule has 1 aromatic rings. The average molecular weight is 247 g/mol. The Hall–Kier alpha value is -1.22. The summed E-state index contributed by atoms with van der Waals surface area (Å²) in [7, 11) is 0. The number of nitrogens with zero attached hydrogens (tertiary/aromatic N) is 1. The van der Waals surface area contributed by atoms with E-state index in [1.807, 2.05) is 23.1 Å². The first-order valence-electron chi connectivity index (χ1n) is 5.88. The van der Waals surface area contributed by atoms with Crippen LogP contribution in [0.1, 0.15) is 18.4 Å². The lowest BCUT2D eigenvalue weighted by Gasteiger charge is -2.23. The molecule has 1 amide bonds. The van der Waals surface area contributed by atoms with Crippen molar-refractivity contribution in [3.8, 4) is 0 Å². The highest BCUT2D eigenvalue weighted by Crippen LogP contribution is 2.27. The van der Waals surface area contributed by atoms with Crippen LogP contribution in [0.15, 0.2) is 36.4 Å². The Labute approximate surface area is 108 Å². The Bertz CT molecular complexity index is 442. The molecule has 0 spiro atoms. The maximum atomic E-state index is 12.1. The maximum Gasteiger partial charge on any atom is 0.227 e. The number of hydrogen-bond donors (Lipinski definition) is 1. The first-order chi connectivity index (χ1) is 8.22. The number of carbonyl (C=O) groups excluding carboxylic acids is 1. The van der Waals surface area contributed by atoms with Crippen LogP contribution < -0.4 is 4.90 Å². The van der Waals surface area contributed by atoms with E-state index in [9.17, 15) is 4.79 Å². The van der Waals surface area contributed by atoms with Gasteiger partial charge in [0, 0.05) is 24.4 Å². The number of anilines is 1. The summed E-state index contributed by atoms with van der Waals surface area (Å²) < 4.78 is 0. The highest BCUT2D eigenvalue weighted by Gasteiger charge is 2.21. The lowest BCUT2D eigenvalue weighted by molar-refractivity contribution is -0.118. The van der Waals surface area contributed by atoms with Crippen molar-refractivity contribution < 1.29 is 4.79 Å². The fraction of sp³-hybridized carbons (Fsp3) is 0.357. The Morgan fingerprint density at radius 2 is 2.12 bits per heavy atom. The van der Waals surface area contributed by atoms with Gasteiger partial charge in [-0.05, 0) is 30.0 Å². The predicted octanol–water partition coefficient (Wildman–Crippen LogP) is 2.84. The van der Waals surface area contributed by atoms with Crippen molar-refractivity contribution in [3.05, 3.63) is 42.0 Å². The van der Waals surface area contributed by atoms with Gasteiger partial charge in [0.05, 0.1) is 0 Å². The third-order valence-corrected chi connectivity index (χ3v) is 3.47. The van der Waals surface area contributed by atoms with Crippen LogP contribution >= 0.6 is 12.6 Å². The van der Waals surface area contributed by atoms with E-state index in [-0.39, 0.29) is 5.91 Å². The first kappa shape index (κ1) is 12.2. The SMILES string of the molecule is C=C(CS)CN1C(=O)CCCc2ccccc21. The Morgan fingerprint density at radius 1 is 1.35 bits per heavy atom. The molecule has 0 aliphatic carbocycles. The van der Waals surface area contributed by atoms with Gasteiger partial charge in [0.15, 0.2) is 0 Å². The lowest BCUT2D eigenvalue weighted by Crippen LogP contribution is -2.32. The number of fused-ring (bicyclic) bond motifs is 1. The van der Waals surface area contributed by atoms with E-state index in [0.717, 1.165) is 24.1 Å². The smallest absolute Gasteiger partial charge is 0.227 e. The highest BCUT2D eigenvalue weighted by molar-refractivity contribution is 7.80. The van der Waals surface area contributed by atoms with Crippen LogP contribution in [-0.4, -0.2) is 18.2 Å². The lowest BCUT2D eigenvalue weighted by atomic mass is 10.1. The third-order valence-electron chi connectivity index (χ3n) is 3.03. The molecule has 0 aromatic heterocycles. The zero-order valence-electron chi connectivity index (χ0n) is 9.85. The largest absolute Gasteiger partial charge is 0.308 e. The van der Waals surface area contributed by atoms with Crippen molar-refractivity contribution in [1.82, 2.24) is 0 Å². The van der Waals surface area contributed by atoms with Gasteiger partial charge in [-0.15, -0.1) is 0 Å². The van der Waals surface area contributed by atoms with E-state index in [4.69, 9.17) is 0 Å². The fourth-order valence-electron chi connectivity index (χ4n) is 2.13. The molecule has 2 nitrogen and oxygen atoms in total. The second-order valence-corrected chi connectivity index (χ2v) is 4.69. The van der Waals surface area contributed by atoms with Crippen molar-refractivity contribution in [2.45, 2.75) is 19.3 Å². The van der Waals surface area contributed by atoms with Crippen LogP contribution in [0.5, 0.6) is 0 Å². The summed E-state index contributed by atoms with van der Waals surface area (Å²) in [6.07, 6.45) is 2.53. The molecular weight excluding hydrogens is 230 g/mol. The van der Waals surface area contributed by atoms with Crippen LogP contribution in [-0.2, 0) is 11.2 Å². The number of rotatable bonds is 3. The summed E-state index contributed by atoms with van der Waals surface area (Å²) in [5.74, 6) is 0.809. The minimum Gasteiger partial charge on any atom is -0.308 e. The molecule has 90 valence electrons. The minimum absolute atomic E-state index is 0.192. The molecule has 0 radical (unpaired) electrons. The van der Waals surface area contributed by atoms with Crippen LogP contribution in [0.4, 0.5) is 5.69 Å². The number of thiol groups is 1. The molecule has 3 heteroatoms. The molecule has 2 rings (SSSR count). The van der Waals surface area contributed by atoms with Crippen LogP contribution in [0.2, 0.25) is 0 Å². The molecule has 0 fully saturated rings. The van der Waals surface area contributed by atoms with Gasteiger partial charge >= 0.3 is 0 Å². The molecule has 1 aliphatic heterocycles. The Morgan fingerprint density at radius 3 is 2.88 bits per heavy atom. The summed E-state index contributed by atoms with van der Waals surface area (Å²) >= 11 is 4.20. The zero-order valence-corrected chi connectivity index (χ0v) is 10.7. The van der Waals surface area contributed by atoms with Gasteiger partial charge < -0.3 is 4.90 Å². The highest BCUT2D eigenvalue weighted by atomic mass is 32.1. The number of amides is 1. The summed E-state index contributed by atoms with van der Waals surface area (Å²) in [5.41, 5.74) is 3.27. The van der Waals surface area contributed by atoms with Gasteiger partial charge in [-0.1, -0.05) is 24.8 Å². The van der Waals surface area contributed by atoms with Gasteiger partial charge in [0.1, 0.15) is 0 Å². The molecular formula is C14H17NOS. The number of benzene rings is 1. The summed E-state index contributed by atoms with van der Waals surface area (Å²) in [6, 6.07) is 8.13. The van der Waals surface area contributed by atoms with Gasteiger partial charge in [-0.2, -0.15) is 12.6 Å². The van der Waals surface area contributed by atoms with E-state index >= 15 is 0 Å². The van der Waals surface area contributed by atoms with Gasteiger partial charge in [0.25, 0.3) is 0 Å². The van der Waals surface area contributed by atoms with Crippen molar-refractivity contribution >= 4 is 24.2 Å². The number of hydrogen-bond acceptors (Lipinski definition) is 2. The number of carbonyl (C=O) groups is 1. The van der Waals surface area contributed by atoms with Crippen molar-refractivity contribution in [3.63, 3.8) is 0 Å². The predicted molar refractivity (Wildman–Crippen MR) is 74.7 cm³/mol. The van der Waals surface area contributed by atoms with E-state index in [1.165, 1.54) is 5.56 Å². The quantitative estimate of drug-likeness (QED) is 0.643. The molecule has 1 aliphatic rings. The van der Waals surface area contributed by atoms with Crippen molar-refractivity contribution in [2.75, 3.05) is 17.2 Å². The molecule has 0 N–H and O–H groups in total. The average Bonchev–Trinajstić information content (AvgIpc) is 2.50. The molecule has 1 aromatic carbocycles. The second kappa shape index (κ2) is 5.41. The summed E-state index contributed by atoms with van der Waals surface area (Å²) in [6.45, 7) is 4.52. The van der Waals surface area contributed by atoms with E-state index in [0.29, 0.717) is 18.7 Å². The van der Waals surface area contributed by atoms with Gasteiger partial charge in [-0.25, -0.2) is 0 Å². The molecule has 0 bridgehead atoms. The van der Waals surface area contributed by atoms with Crippen LogP contribution in [0.3, 0.4) is 0 Å². The number of aryl methyl sites for hydroxylation is 1. The molecule has 17 heavy (non-hydrogen) atoms. The zero-order chi connectivity index (χ0) is 12.3. The molecule has 1 heterocycles. The maximum absolute atomic E-state index is 12.1. The third kappa shape index (κ3) is 2.72. The fourth-order valence-corrected chi connectivity index (χ4v) is 2.23. The van der Waals surface area contributed by atoms with Gasteiger partial charge in [-0.3, -0.25) is 4.79 Å². The van der Waals surface area contributed by atoms with Crippen molar-refractivity contribution in [1.29, 1.82) is 0 Å². The Balaban J connectivity index is 2.33. The minimum atomic E-state index is 0.192. The second-order valence-electron chi connectivity index (χ2n) is 4.37. The molecule has 0 saturated carbocycles. The standard InChI is InChI=1S/C14H17NOS/c1-11(10-17)9-15-13-7-3-2-5-12(13)6-4-8-14(15)16/h2-3,5,7,17H,1,4,6,8-10H2. The summed E-state index contributed by atoms with van der Waals surface area (Å²) in [5, 5.41) is 0. The van der Waals surface area contributed by atoms with E-state index < -0.39 is 0 Å². The molecule has 0 unspecified atom stereocenters. The first-order valence-corrected chi connectivity index (χ1v) is 6.51. The molecule has 0 saturated heterocycles. The topological polar surface area (TPSA) is 20.3 Å². The molecule has 0 atom stereocenters. The monoisotopic (exact) mass is 247 g/mol. The normalized spacial score (nSPS) is 15.4. The van der Waals surface area contributed by atoms with Crippen molar-refractivity contribution in [2.24, 2.45) is 0 Å². The van der Waals surface area contributed by atoms with Gasteiger partial charge in [0.2, 0.25) is 5.91 Å². The van der Waals surface area contributed by atoms with Crippen LogP contribution in [0, 0.1) is 0 Å². The summed E-state index contributed by atoms with van der Waals surface area (Å²) in [4.78, 5) is 13.9. The number of para-hydroxylation sites is 1. The Kier molecular flexibility index (Phi) is 3.89. The van der Waals surface area contributed by atoms with E-state index in [1.54, 1.807) is 0 Å². The van der Waals surface area contributed by atoms with Crippen LogP contribution in [0.25, 0.3) is 0 Å². The van der Waals surface area contributed by atoms with E-state index in [2.05, 4.69) is 25.3 Å².